The zero-order chi connectivity index (χ0) is 13.1. The first-order valence-electron chi connectivity index (χ1n) is 5.47. The Morgan fingerprint density at radius 3 is 2.78 bits per heavy atom. The van der Waals surface area contributed by atoms with E-state index in [9.17, 15) is 4.39 Å². The van der Waals surface area contributed by atoms with E-state index >= 15 is 0 Å². The molecule has 0 bridgehead atoms. The smallest absolute Gasteiger partial charge is 0.167 e. The van der Waals surface area contributed by atoms with E-state index in [1.54, 1.807) is 14.0 Å². The van der Waals surface area contributed by atoms with Gasteiger partial charge in [0.2, 0.25) is 0 Å². The minimum atomic E-state index is -0.476. The monoisotopic (exact) mass is 251 g/mol. The van der Waals surface area contributed by atoms with Crippen LogP contribution in [0.5, 0.6) is 5.75 Å². The van der Waals surface area contributed by atoms with Crippen molar-refractivity contribution >= 4 is 16.7 Å². The number of ether oxygens (including phenoxy) is 2. The number of hydrogen-bond donors (Lipinski definition) is 1. The van der Waals surface area contributed by atoms with Crippen molar-refractivity contribution in [3.63, 3.8) is 0 Å². The summed E-state index contributed by atoms with van der Waals surface area (Å²) in [6, 6.07) is 2.80. The maximum atomic E-state index is 13.7. The minimum Gasteiger partial charge on any atom is -0.488 e. The highest BCUT2D eigenvalue weighted by atomic mass is 19.1. The standard InChI is InChI=1S/C12H14FN3O2/c1-7-15-10-6-9(13)11(18-4-3-17-2)5-8(10)12(14)16-7/h5-6H,3-4H2,1-2H3,(H2,14,15,16). The number of aryl methyl sites for hydroxylation is 1. The van der Waals surface area contributed by atoms with Crippen molar-refractivity contribution < 1.29 is 13.9 Å². The highest BCUT2D eigenvalue weighted by Crippen LogP contribution is 2.26. The number of nitrogens with zero attached hydrogens (tertiary/aromatic N) is 2. The normalized spacial score (nSPS) is 10.8. The Balaban J connectivity index is 2.41. The van der Waals surface area contributed by atoms with E-state index in [-0.39, 0.29) is 12.4 Å². The molecule has 0 aliphatic carbocycles. The number of fused-ring (bicyclic) bond motifs is 1. The van der Waals surface area contributed by atoms with Crippen molar-refractivity contribution in [3.8, 4) is 5.75 Å². The Morgan fingerprint density at radius 1 is 1.28 bits per heavy atom. The van der Waals surface area contributed by atoms with Crippen LogP contribution < -0.4 is 10.5 Å². The SMILES string of the molecule is COCCOc1cc2c(N)nc(C)nc2cc1F. The first kappa shape index (κ1) is 12.5. The fourth-order valence-corrected chi connectivity index (χ4v) is 1.62. The Labute approximate surface area is 104 Å². The van der Waals surface area contributed by atoms with Crippen LogP contribution in [0, 0.1) is 12.7 Å². The molecular weight excluding hydrogens is 237 g/mol. The molecule has 0 radical (unpaired) electrons. The number of methoxy groups -OCH3 is 1. The van der Waals surface area contributed by atoms with Crippen LogP contribution in [0.4, 0.5) is 10.2 Å². The van der Waals surface area contributed by atoms with Gasteiger partial charge in [-0.3, -0.25) is 0 Å². The van der Waals surface area contributed by atoms with Crippen LogP contribution in [-0.4, -0.2) is 30.3 Å². The molecule has 0 unspecified atom stereocenters. The van der Waals surface area contributed by atoms with Crippen molar-refractivity contribution in [2.45, 2.75) is 6.92 Å². The molecule has 0 aliphatic rings. The van der Waals surface area contributed by atoms with Gasteiger partial charge >= 0.3 is 0 Å². The van der Waals surface area contributed by atoms with Crippen LogP contribution >= 0.6 is 0 Å². The van der Waals surface area contributed by atoms with Crippen molar-refractivity contribution in [1.29, 1.82) is 0 Å². The maximum absolute atomic E-state index is 13.7. The Bertz CT molecular complexity index is 575. The van der Waals surface area contributed by atoms with Gasteiger partial charge in [-0.05, 0) is 13.0 Å². The van der Waals surface area contributed by atoms with E-state index < -0.39 is 5.82 Å². The van der Waals surface area contributed by atoms with Crippen LogP contribution in [0.1, 0.15) is 5.82 Å². The molecule has 2 rings (SSSR count). The average molecular weight is 251 g/mol. The van der Waals surface area contributed by atoms with Crippen molar-refractivity contribution in [2.75, 3.05) is 26.1 Å². The molecule has 96 valence electrons. The predicted molar refractivity (Wildman–Crippen MR) is 66.0 cm³/mol. The minimum absolute atomic E-state index is 0.124. The first-order chi connectivity index (χ1) is 8.61. The van der Waals surface area contributed by atoms with Gasteiger partial charge in [0.1, 0.15) is 18.2 Å². The molecule has 5 nitrogen and oxygen atoms in total. The largest absolute Gasteiger partial charge is 0.488 e. The number of nitrogen functional groups attached to an aromatic ring is 1. The quantitative estimate of drug-likeness (QED) is 0.837. The van der Waals surface area contributed by atoms with Gasteiger partial charge in [0, 0.05) is 18.6 Å². The highest BCUT2D eigenvalue weighted by Gasteiger charge is 2.10. The lowest BCUT2D eigenvalue weighted by molar-refractivity contribution is 0.144. The van der Waals surface area contributed by atoms with Gasteiger partial charge in [0.15, 0.2) is 11.6 Å². The number of rotatable bonds is 4. The molecular formula is C12H14FN3O2. The number of nitrogens with two attached hydrogens (primary N) is 1. The van der Waals surface area contributed by atoms with Crippen LogP contribution in [-0.2, 0) is 4.74 Å². The van der Waals surface area contributed by atoms with E-state index in [4.69, 9.17) is 15.2 Å². The summed E-state index contributed by atoms with van der Waals surface area (Å²) in [5, 5.41) is 0.578. The third-order valence-electron chi connectivity index (χ3n) is 2.44. The summed E-state index contributed by atoms with van der Waals surface area (Å²) in [5.41, 5.74) is 6.25. The maximum Gasteiger partial charge on any atom is 0.167 e. The molecule has 18 heavy (non-hydrogen) atoms. The molecule has 1 aromatic carbocycles. The van der Waals surface area contributed by atoms with Gasteiger partial charge in [-0.25, -0.2) is 14.4 Å². The van der Waals surface area contributed by atoms with E-state index in [1.165, 1.54) is 12.1 Å². The van der Waals surface area contributed by atoms with E-state index in [0.29, 0.717) is 29.2 Å². The van der Waals surface area contributed by atoms with Crippen LogP contribution in [0.2, 0.25) is 0 Å². The summed E-state index contributed by atoms with van der Waals surface area (Å²) >= 11 is 0. The molecule has 0 saturated heterocycles. The molecule has 0 spiro atoms. The average Bonchev–Trinajstić information content (AvgIpc) is 2.30. The molecule has 0 saturated carbocycles. The second kappa shape index (κ2) is 5.14. The Hall–Kier alpha value is -1.95. The number of hydrogen-bond acceptors (Lipinski definition) is 5. The summed E-state index contributed by atoms with van der Waals surface area (Å²) in [5.74, 6) is 0.469. The van der Waals surface area contributed by atoms with Crippen LogP contribution in [0.25, 0.3) is 10.9 Å². The van der Waals surface area contributed by atoms with E-state index in [2.05, 4.69) is 9.97 Å². The summed E-state index contributed by atoms with van der Waals surface area (Å²) in [6.45, 7) is 2.36. The van der Waals surface area contributed by atoms with E-state index in [0.717, 1.165) is 0 Å². The van der Waals surface area contributed by atoms with Gasteiger partial charge in [-0.1, -0.05) is 0 Å². The first-order valence-corrected chi connectivity index (χ1v) is 5.47. The summed E-state index contributed by atoms with van der Waals surface area (Å²) in [4.78, 5) is 8.16. The molecule has 2 aromatic rings. The number of anilines is 1. The van der Waals surface area contributed by atoms with Crippen molar-refractivity contribution in [3.05, 3.63) is 23.8 Å². The lowest BCUT2D eigenvalue weighted by atomic mass is 10.2. The topological polar surface area (TPSA) is 70.3 Å². The van der Waals surface area contributed by atoms with Crippen molar-refractivity contribution in [2.24, 2.45) is 0 Å². The molecule has 1 aromatic heterocycles. The number of aromatic nitrogens is 2. The zero-order valence-corrected chi connectivity index (χ0v) is 10.2. The summed E-state index contributed by atoms with van der Waals surface area (Å²) < 4.78 is 23.8. The third-order valence-corrected chi connectivity index (χ3v) is 2.44. The van der Waals surface area contributed by atoms with Crippen LogP contribution in [0.3, 0.4) is 0 Å². The lowest BCUT2D eigenvalue weighted by Crippen LogP contribution is -2.06. The van der Waals surface area contributed by atoms with Gasteiger partial charge in [-0.2, -0.15) is 0 Å². The van der Waals surface area contributed by atoms with Crippen LogP contribution in [0.15, 0.2) is 12.1 Å². The Morgan fingerprint density at radius 2 is 2.06 bits per heavy atom. The fourth-order valence-electron chi connectivity index (χ4n) is 1.62. The van der Waals surface area contributed by atoms with E-state index in [1.807, 2.05) is 0 Å². The fraction of sp³-hybridized carbons (Fsp3) is 0.333. The Kier molecular flexibility index (Phi) is 3.57. The lowest BCUT2D eigenvalue weighted by Gasteiger charge is -2.09. The molecule has 1 heterocycles. The molecule has 0 atom stereocenters. The predicted octanol–water partition coefficient (Wildman–Crippen LogP) is 1.68. The second-order valence-electron chi connectivity index (χ2n) is 3.80. The van der Waals surface area contributed by atoms with Gasteiger partial charge in [0.05, 0.1) is 12.1 Å². The molecule has 0 amide bonds. The number of halogens is 1. The second-order valence-corrected chi connectivity index (χ2v) is 3.80. The third kappa shape index (κ3) is 2.48. The van der Waals surface area contributed by atoms with Gasteiger partial charge in [-0.15, -0.1) is 0 Å². The molecule has 0 fully saturated rings. The van der Waals surface area contributed by atoms with Gasteiger partial charge < -0.3 is 15.2 Å². The highest BCUT2D eigenvalue weighted by molar-refractivity contribution is 5.89. The molecule has 6 heteroatoms. The summed E-state index contributed by atoms with van der Waals surface area (Å²) in [7, 11) is 1.55. The summed E-state index contributed by atoms with van der Waals surface area (Å²) in [6.07, 6.45) is 0. The molecule has 2 N–H and O–H groups in total. The number of benzene rings is 1. The molecule has 0 aliphatic heterocycles. The zero-order valence-electron chi connectivity index (χ0n) is 10.2. The van der Waals surface area contributed by atoms with Crippen molar-refractivity contribution in [1.82, 2.24) is 9.97 Å². The van der Waals surface area contributed by atoms with Gasteiger partial charge in [0.25, 0.3) is 0 Å².